The van der Waals surface area contributed by atoms with Gasteiger partial charge in [0, 0.05) is 19.6 Å². The molecule has 2 aromatic carbocycles. The van der Waals surface area contributed by atoms with Gasteiger partial charge in [-0.2, -0.15) is 0 Å². The van der Waals surface area contributed by atoms with Crippen LogP contribution in [0.15, 0.2) is 48.5 Å². The molecule has 4 rings (SSSR count). The van der Waals surface area contributed by atoms with Crippen molar-refractivity contribution >= 4 is 28.6 Å². The molecule has 1 saturated heterocycles. The Labute approximate surface area is 174 Å². The normalized spacial score (nSPS) is 15.2. The number of para-hydroxylation sites is 2. The number of nitrogens with zero attached hydrogens (tertiary/aromatic N) is 3. The van der Waals surface area contributed by atoms with Crippen LogP contribution >= 0.6 is 0 Å². The van der Waals surface area contributed by atoms with Crippen LogP contribution in [0, 0.1) is 11.7 Å². The number of hydrogen-bond donors (Lipinski definition) is 2. The van der Waals surface area contributed by atoms with Gasteiger partial charge in [-0.1, -0.05) is 24.3 Å². The molecule has 0 saturated carbocycles. The van der Waals surface area contributed by atoms with Gasteiger partial charge in [-0.25, -0.2) is 14.4 Å². The number of nitrogens with one attached hydrogen (secondary N) is 1. The number of rotatable bonds is 7. The van der Waals surface area contributed by atoms with Gasteiger partial charge in [-0.3, -0.25) is 4.79 Å². The molecule has 3 N–H and O–H groups in total. The van der Waals surface area contributed by atoms with Crippen LogP contribution in [0.2, 0.25) is 0 Å². The molecule has 30 heavy (non-hydrogen) atoms. The van der Waals surface area contributed by atoms with Crippen LogP contribution in [0.1, 0.15) is 5.56 Å². The van der Waals surface area contributed by atoms with Gasteiger partial charge in [0.2, 0.25) is 5.91 Å². The third kappa shape index (κ3) is 4.65. The first-order valence-corrected chi connectivity index (χ1v) is 9.97. The van der Waals surface area contributed by atoms with Crippen molar-refractivity contribution in [3.8, 4) is 0 Å². The highest BCUT2D eigenvalue weighted by Crippen LogP contribution is 2.26. The van der Waals surface area contributed by atoms with Gasteiger partial charge >= 0.3 is 0 Å². The molecule has 1 aliphatic heterocycles. The maximum absolute atomic E-state index is 13.2. The second kappa shape index (κ2) is 9.04. The van der Waals surface area contributed by atoms with Crippen LogP contribution in [0.25, 0.3) is 11.0 Å². The molecular formula is C22H24FN5O2. The van der Waals surface area contributed by atoms with Gasteiger partial charge in [0.15, 0.2) is 11.6 Å². The smallest absolute Gasteiger partial charge is 0.222 e. The van der Waals surface area contributed by atoms with Crippen molar-refractivity contribution in [1.29, 1.82) is 0 Å². The number of morpholine rings is 1. The number of fused-ring (bicyclic) bond motifs is 1. The third-order valence-corrected chi connectivity index (χ3v) is 5.18. The van der Waals surface area contributed by atoms with Crippen molar-refractivity contribution < 1.29 is 13.9 Å². The molecule has 3 aromatic rings. The average molecular weight is 409 g/mol. The first-order valence-electron chi connectivity index (χ1n) is 9.97. The summed E-state index contributed by atoms with van der Waals surface area (Å²) in [4.78, 5) is 23.7. The Hall–Kier alpha value is -3.26. The minimum absolute atomic E-state index is 0.303. The number of anilines is 2. The molecule has 1 atom stereocenters. The molecule has 1 aromatic heterocycles. The number of amides is 1. The predicted molar refractivity (Wildman–Crippen MR) is 114 cm³/mol. The Balaban J connectivity index is 1.57. The SMILES string of the molecule is NC(=O)C(CNc1nc2ccccc2nc1N1CCOCC1)Cc1ccc(F)cc1. The van der Waals surface area contributed by atoms with Crippen LogP contribution in [-0.4, -0.2) is 48.7 Å². The summed E-state index contributed by atoms with van der Waals surface area (Å²) in [6.45, 7) is 3.00. The largest absolute Gasteiger partial charge is 0.378 e. The van der Waals surface area contributed by atoms with Gasteiger partial charge in [0.1, 0.15) is 5.82 Å². The van der Waals surface area contributed by atoms with Crippen molar-refractivity contribution in [3.05, 3.63) is 59.9 Å². The molecule has 7 nitrogen and oxygen atoms in total. The Morgan fingerprint density at radius 1 is 1.10 bits per heavy atom. The lowest BCUT2D eigenvalue weighted by Gasteiger charge is -2.29. The van der Waals surface area contributed by atoms with E-state index in [0.29, 0.717) is 32.0 Å². The lowest BCUT2D eigenvalue weighted by Crippen LogP contribution is -2.38. The Morgan fingerprint density at radius 2 is 1.77 bits per heavy atom. The number of carbonyl (C=O) groups excluding carboxylic acids is 1. The highest BCUT2D eigenvalue weighted by Gasteiger charge is 2.21. The number of aromatic nitrogens is 2. The van der Waals surface area contributed by atoms with Crippen molar-refractivity contribution in [2.75, 3.05) is 43.1 Å². The Morgan fingerprint density at radius 3 is 2.43 bits per heavy atom. The fraction of sp³-hybridized carbons (Fsp3) is 0.318. The fourth-order valence-electron chi connectivity index (χ4n) is 3.50. The second-order valence-corrected chi connectivity index (χ2v) is 7.29. The highest BCUT2D eigenvalue weighted by atomic mass is 19.1. The van der Waals surface area contributed by atoms with Crippen LogP contribution in [0.3, 0.4) is 0 Å². The maximum Gasteiger partial charge on any atom is 0.222 e. The van der Waals surface area contributed by atoms with Gasteiger partial charge in [0.05, 0.1) is 30.2 Å². The van der Waals surface area contributed by atoms with E-state index in [0.717, 1.165) is 35.5 Å². The van der Waals surface area contributed by atoms with Crippen LogP contribution in [-0.2, 0) is 16.0 Å². The fourth-order valence-corrected chi connectivity index (χ4v) is 3.50. The number of ether oxygens (including phenoxy) is 1. The van der Waals surface area contributed by atoms with E-state index in [1.807, 2.05) is 24.3 Å². The van der Waals surface area contributed by atoms with Crippen LogP contribution in [0.5, 0.6) is 0 Å². The summed E-state index contributed by atoms with van der Waals surface area (Å²) < 4.78 is 18.6. The summed E-state index contributed by atoms with van der Waals surface area (Å²) >= 11 is 0. The van der Waals surface area contributed by atoms with E-state index < -0.39 is 11.8 Å². The molecular weight excluding hydrogens is 385 g/mol. The van der Waals surface area contributed by atoms with Crippen LogP contribution in [0.4, 0.5) is 16.0 Å². The molecule has 156 valence electrons. The maximum atomic E-state index is 13.2. The summed E-state index contributed by atoms with van der Waals surface area (Å²) in [6, 6.07) is 13.8. The molecule has 0 bridgehead atoms. The van der Waals surface area contributed by atoms with Gasteiger partial charge < -0.3 is 20.7 Å². The molecule has 1 amide bonds. The number of benzene rings is 2. The molecule has 8 heteroatoms. The summed E-state index contributed by atoms with van der Waals surface area (Å²) in [5, 5.41) is 3.28. The molecule has 2 heterocycles. The number of halogens is 1. The second-order valence-electron chi connectivity index (χ2n) is 7.29. The summed E-state index contributed by atoms with van der Waals surface area (Å²) in [5.41, 5.74) is 8.06. The Kier molecular flexibility index (Phi) is 6.04. The van der Waals surface area contributed by atoms with Crippen molar-refractivity contribution in [2.24, 2.45) is 11.7 Å². The van der Waals surface area contributed by atoms with Gasteiger partial charge in [0.25, 0.3) is 0 Å². The monoisotopic (exact) mass is 409 g/mol. The lowest BCUT2D eigenvalue weighted by atomic mass is 9.98. The van der Waals surface area contributed by atoms with E-state index in [2.05, 4.69) is 10.2 Å². The minimum Gasteiger partial charge on any atom is -0.378 e. The predicted octanol–water partition coefficient (Wildman–Crippen LogP) is 2.36. The molecule has 1 aliphatic rings. The third-order valence-electron chi connectivity index (χ3n) is 5.18. The first-order chi connectivity index (χ1) is 14.6. The van der Waals surface area contributed by atoms with Gasteiger partial charge in [-0.05, 0) is 36.2 Å². The van der Waals surface area contributed by atoms with Crippen molar-refractivity contribution in [3.63, 3.8) is 0 Å². The highest BCUT2D eigenvalue weighted by molar-refractivity contribution is 5.81. The zero-order valence-electron chi connectivity index (χ0n) is 16.6. The Bertz CT molecular complexity index is 1020. The zero-order chi connectivity index (χ0) is 20.9. The molecule has 1 unspecified atom stereocenters. The average Bonchev–Trinajstić information content (AvgIpc) is 2.77. The molecule has 0 spiro atoms. The van der Waals surface area contributed by atoms with E-state index in [4.69, 9.17) is 20.4 Å². The van der Waals surface area contributed by atoms with E-state index >= 15 is 0 Å². The molecule has 1 fully saturated rings. The van der Waals surface area contributed by atoms with Gasteiger partial charge in [-0.15, -0.1) is 0 Å². The summed E-state index contributed by atoms with van der Waals surface area (Å²) in [5.74, 6) is 0.145. The van der Waals surface area contributed by atoms with Crippen molar-refractivity contribution in [1.82, 2.24) is 9.97 Å². The quantitative estimate of drug-likeness (QED) is 0.622. The molecule has 0 radical (unpaired) electrons. The molecule has 0 aliphatic carbocycles. The topological polar surface area (TPSA) is 93.4 Å². The van der Waals surface area contributed by atoms with Crippen LogP contribution < -0.4 is 16.0 Å². The lowest BCUT2D eigenvalue weighted by molar-refractivity contribution is -0.121. The standard InChI is InChI=1S/C22H24FN5O2/c23-17-7-5-15(6-8-17)13-16(20(24)29)14-25-21-22(28-9-11-30-12-10-28)27-19-4-2-1-3-18(19)26-21/h1-8,16H,9-14H2,(H2,24,29)(H,25,26). The number of carbonyl (C=O) groups is 1. The van der Waals surface area contributed by atoms with E-state index in [1.165, 1.54) is 12.1 Å². The summed E-state index contributed by atoms with van der Waals surface area (Å²) in [7, 11) is 0. The van der Waals surface area contributed by atoms with E-state index in [9.17, 15) is 9.18 Å². The number of primary amides is 1. The van der Waals surface area contributed by atoms with E-state index in [-0.39, 0.29) is 5.82 Å². The summed E-state index contributed by atoms with van der Waals surface area (Å²) in [6.07, 6.45) is 0.413. The number of nitrogens with two attached hydrogens (primary N) is 1. The number of hydrogen-bond acceptors (Lipinski definition) is 6. The van der Waals surface area contributed by atoms with Crippen molar-refractivity contribution in [2.45, 2.75) is 6.42 Å². The first kappa shape index (κ1) is 20.0. The van der Waals surface area contributed by atoms with E-state index in [1.54, 1.807) is 12.1 Å². The minimum atomic E-state index is -0.471. The zero-order valence-corrected chi connectivity index (χ0v) is 16.6.